The zero-order valence-corrected chi connectivity index (χ0v) is 16.4. The average Bonchev–Trinajstić information content (AvgIpc) is 2.72. The Bertz CT molecular complexity index is 731. The molecule has 1 aromatic carbocycles. The van der Waals surface area contributed by atoms with Gasteiger partial charge >= 0.3 is 0 Å². The number of methoxy groups -OCH3 is 1. The second-order valence-electron chi connectivity index (χ2n) is 7.25. The summed E-state index contributed by atoms with van der Waals surface area (Å²) in [6, 6.07) is 10.5. The predicted molar refractivity (Wildman–Crippen MR) is 106 cm³/mol. The lowest BCUT2D eigenvalue weighted by Gasteiger charge is -2.38. The van der Waals surface area contributed by atoms with Crippen molar-refractivity contribution in [1.82, 2.24) is 14.8 Å². The Balaban J connectivity index is 1.57. The van der Waals surface area contributed by atoms with E-state index in [9.17, 15) is 9.18 Å². The molecule has 1 amide bonds. The maximum atomic E-state index is 13.1. The van der Waals surface area contributed by atoms with Crippen LogP contribution in [0.1, 0.15) is 24.0 Å². The minimum atomic E-state index is -0.283. The van der Waals surface area contributed by atoms with Gasteiger partial charge in [-0.2, -0.15) is 0 Å². The monoisotopic (exact) mass is 385 g/mol. The van der Waals surface area contributed by atoms with Crippen molar-refractivity contribution in [3.8, 4) is 0 Å². The lowest BCUT2D eigenvalue weighted by Crippen LogP contribution is -2.48. The molecule has 2 aromatic rings. The molecule has 1 saturated heterocycles. The minimum Gasteiger partial charge on any atom is -0.383 e. The van der Waals surface area contributed by atoms with E-state index in [1.54, 1.807) is 19.2 Å². The number of hydrogen-bond donors (Lipinski definition) is 0. The molecule has 1 aromatic heterocycles. The number of carbonyl (C=O) groups is 1. The summed E-state index contributed by atoms with van der Waals surface area (Å²) < 4.78 is 18.3. The molecule has 6 heteroatoms. The number of piperidine rings is 1. The van der Waals surface area contributed by atoms with Crippen LogP contribution in [0.15, 0.2) is 48.8 Å². The number of ether oxygens (including phenoxy) is 1. The number of carbonyl (C=O) groups excluding carboxylic acids is 1. The molecule has 28 heavy (non-hydrogen) atoms. The smallest absolute Gasteiger partial charge is 0.227 e. The topological polar surface area (TPSA) is 45.7 Å². The molecule has 150 valence electrons. The molecule has 0 atom stereocenters. The van der Waals surface area contributed by atoms with E-state index in [0.29, 0.717) is 19.6 Å². The summed E-state index contributed by atoms with van der Waals surface area (Å²) in [6.45, 7) is 3.94. The molecule has 2 heterocycles. The van der Waals surface area contributed by atoms with Crippen LogP contribution in [0, 0.1) is 5.82 Å². The zero-order valence-electron chi connectivity index (χ0n) is 16.4. The fourth-order valence-corrected chi connectivity index (χ4v) is 3.71. The molecular formula is C22H28FN3O2. The van der Waals surface area contributed by atoms with Gasteiger partial charge in [-0.15, -0.1) is 0 Å². The van der Waals surface area contributed by atoms with Crippen molar-refractivity contribution in [1.29, 1.82) is 0 Å². The number of likely N-dealkylation sites (tertiary alicyclic amines) is 1. The fourth-order valence-electron chi connectivity index (χ4n) is 3.71. The molecule has 3 rings (SSSR count). The second-order valence-corrected chi connectivity index (χ2v) is 7.25. The molecule has 1 aliphatic heterocycles. The van der Waals surface area contributed by atoms with Crippen LogP contribution in [0.4, 0.5) is 4.39 Å². The standard InChI is InChI=1S/C22H28FN3O2/c1-28-15-14-26(22(27)16-18-2-4-20(23)5-3-18)21-8-12-25(13-9-21)17-19-6-10-24-11-7-19/h2-7,10-11,21H,8-9,12-17H2,1H3. The average molecular weight is 385 g/mol. The van der Waals surface area contributed by atoms with Crippen LogP contribution < -0.4 is 0 Å². The molecular weight excluding hydrogens is 357 g/mol. The highest BCUT2D eigenvalue weighted by Gasteiger charge is 2.27. The van der Waals surface area contributed by atoms with Gasteiger partial charge in [0.25, 0.3) is 0 Å². The first kappa shape index (κ1) is 20.4. The van der Waals surface area contributed by atoms with Crippen molar-refractivity contribution in [2.45, 2.75) is 31.8 Å². The van der Waals surface area contributed by atoms with E-state index in [-0.39, 0.29) is 17.8 Å². The second kappa shape index (κ2) is 10.3. The summed E-state index contributed by atoms with van der Waals surface area (Å²) >= 11 is 0. The molecule has 5 nitrogen and oxygen atoms in total. The Hall–Kier alpha value is -2.31. The van der Waals surface area contributed by atoms with Crippen LogP contribution >= 0.6 is 0 Å². The van der Waals surface area contributed by atoms with Crippen LogP contribution in [0.2, 0.25) is 0 Å². The maximum absolute atomic E-state index is 13.1. The zero-order chi connectivity index (χ0) is 19.8. The van der Waals surface area contributed by atoms with Crippen LogP contribution in [-0.4, -0.2) is 60.1 Å². The van der Waals surface area contributed by atoms with E-state index in [1.165, 1.54) is 17.7 Å². The number of halogens is 1. The third-order valence-corrected chi connectivity index (χ3v) is 5.28. The van der Waals surface area contributed by atoms with Crippen LogP contribution in [0.25, 0.3) is 0 Å². The third-order valence-electron chi connectivity index (χ3n) is 5.28. The third kappa shape index (κ3) is 5.84. The Morgan fingerprint density at radius 1 is 1.14 bits per heavy atom. The highest BCUT2D eigenvalue weighted by molar-refractivity contribution is 5.79. The molecule has 0 bridgehead atoms. The number of pyridine rings is 1. The number of benzene rings is 1. The Labute approximate surface area is 166 Å². The van der Waals surface area contributed by atoms with Crippen LogP contribution in [0.3, 0.4) is 0 Å². The SMILES string of the molecule is COCCN(C(=O)Cc1ccc(F)cc1)C1CCN(Cc2ccncc2)CC1. The Morgan fingerprint density at radius 3 is 2.46 bits per heavy atom. The lowest BCUT2D eigenvalue weighted by molar-refractivity contribution is -0.134. The van der Waals surface area contributed by atoms with Gasteiger partial charge in [-0.05, 0) is 48.2 Å². The van der Waals surface area contributed by atoms with E-state index >= 15 is 0 Å². The van der Waals surface area contributed by atoms with E-state index in [4.69, 9.17) is 4.74 Å². The van der Waals surface area contributed by atoms with Gasteiger partial charge in [-0.3, -0.25) is 14.7 Å². The molecule has 0 saturated carbocycles. The van der Waals surface area contributed by atoms with Gasteiger partial charge in [0.05, 0.1) is 13.0 Å². The maximum Gasteiger partial charge on any atom is 0.227 e. The highest BCUT2D eigenvalue weighted by atomic mass is 19.1. The first-order valence-corrected chi connectivity index (χ1v) is 9.80. The summed E-state index contributed by atoms with van der Waals surface area (Å²) in [5, 5.41) is 0. The lowest BCUT2D eigenvalue weighted by atomic mass is 10.0. The van der Waals surface area contributed by atoms with E-state index in [2.05, 4.69) is 9.88 Å². The molecule has 0 radical (unpaired) electrons. The van der Waals surface area contributed by atoms with Gasteiger partial charge in [-0.1, -0.05) is 12.1 Å². The number of rotatable bonds is 8. The van der Waals surface area contributed by atoms with E-state index in [0.717, 1.165) is 38.0 Å². The minimum absolute atomic E-state index is 0.0799. The molecule has 0 N–H and O–H groups in total. The summed E-state index contributed by atoms with van der Waals surface area (Å²) in [4.78, 5) is 21.4. The summed E-state index contributed by atoms with van der Waals surface area (Å²) in [5.41, 5.74) is 2.10. The van der Waals surface area contributed by atoms with Gasteiger partial charge in [0, 0.05) is 51.7 Å². The van der Waals surface area contributed by atoms with Crippen LogP contribution in [-0.2, 0) is 22.5 Å². The molecule has 1 fully saturated rings. The van der Waals surface area contributed by atoms with E-state index in [1.807, 2.05) is 29.4 Å². The first-order valence-electron chi connectivity index (χ1n) is 9.80. The largest absolute Gasteiger partial charge is 0.383 e. The van der Waals surface area contributed by atoms with E-state index < -0.39 is 0 Å². The van der Waals surface area contributed by atoms with Gasteiger partial charge in [0.2, 0.25) is 5.91 Å². The van der Waals surface area contributed by atoms with Gasteiger partial charge in [0.1, 0.15) is 5.82 Å². The number of hydrogen-bond acceptors (Lipinski definition) is 4. The van der Waals surface area contributed by atoms with Gasteiger partial charge < -0.3 is 9.64 Å². The van der Waals surface area contributed by atoms with Crippen molar-refractivity contribution in [3.63, 3.8) is 0 Å². The summed E-state index contributed by atoms with van der Waals surface area (Å²) in [7, 11) is 1.65. The molecule has 1 aliphatic rings. The first-order chi connectivity index (χ1) is 13.7. The fraction of sp³-hybridized carbons (Fsp3) is 0.455. The van der Waals surface area contributed by atoms with Gasteiger partial charge in [-0.25, -0.2) is 4.39 Å². The van der Waals surface area contributed by atoms with Crippen molar-refractivity contribution >= 4 is 5.91 Å². The summed E-state index contributed by atoms with van der Waals surface area (Å²) in [5.74, 6) is -0.203. The quantitative estimate of drug-likeness (QED) is 0.701. The number of nitrogens with zero attached hydrogens (tertiary/aromatic N) is 3. The van der Waals surface area contributed by atoms with Gasteiger partial charge in [0.15, 0.2) is 0 Å². The van der Waals surface area contributed by atoms with Crippen LogP contribution in [0.5, 0.6) is 0 Å². The predicted octanol–water partition coefficient (Wildman–Crippen LogP) is 2.90. The normalized spacial score (nSPS) is 15.5. The van der Waals surface area contributed by atoms with Crippen molar-refractivity contribution in [2.24, 2.45) is 0 Å². The van der Waals surface area contributed by atoms with Crippen molar-refractivity contribution in [3.05, 3.63) is 65.7 Å². The van der Waals surface area contributed by atoms with Crippen molar-refractivity contribution < 1.29 is 13.9 Å². The Morgan fingerprint density at radius 2 is 1.82 bits per heavy atom. The number of amides is 1. The molecule has 0 unspecified atom stereocenters. The number of aromatic nitrogens is 1. The molecule has 0 aliphatic carbocycles. The molecule has 0 spiro atoms. The summed E-state index contributed by atoms with van der Waals surface area (Å²) in [6.07, 6.45) is 5.83. The van der Waals surface area contributed by atoms with Crippen molar-refractivity contribution in [2.75, 3.05) is 33.4 Å². The Kier molecular flexibility index (Phi) is 7.51. The highest BCUT2D eigenvalue weighted by Crippen LogP contribution is 2.20.